The van der Waals surface area contributed by atoms with Crippen molar-refractivity contribution >= 4 is 34.4 Å². The van der Waals surface area contributed by atoms with Crippen molar-refractivity contribution in [2.75, 3.05) is 30.8 Å². The van der Waals surface area contributed by atoms with Gasteiger partial charge < -0.3 is 15.5 Å². The molecule has 2 fully saturated rings. The Kier molecular flexibility index (Phi) is 4.82. The van der Waals surface area contributed by atoms with Gasteiger partial charge in [-0.15, -0.1) is 5.10 Å². The van der Waals surface area contributed by atoms with Crippen LogP contribution in [0, 0.1) is 5.41 Å². The minimum atomic E-state index is 0.185. The van der Waals surface area contributed by atoms with Gasteiger partial charge in [-0.25, -0.2) is 14.5 Å². The fourth-order valence-corrected chi connectivity index (χ4v) is 5.33. The van der Waals surface area contributed by atoms with E-state index in [0.717, 1.165) is 66.9 Å². The van der Waals surface area contributed by atoms with Crippen LogP contribution in [0.25, 0.3) is 27.9 Å². The monoisotopic (exact) mass is 457 g/mol. The van der Waals surface area contributed by atoms with Gasteiger partial charge in [-0.05, 0) is 43.9 Å². The lowest BCUT2D eigenvalue weighted by Gasteiger charge is -2.53. The maximum absolute atomic E-state index is 11.6. The summed E-state index contributed by atoms with van der Waals surface area (Å²) < 4.78 is 1.85. The van der Waals surface area contributed by atoms with Crippen LogP contribution in [-0.2, 0) is 4.79 Å². The summed E-state index contributed by atoms with van der Waals surface area (Å²) in [6, 6.07) is 6.21. The topological polar surface area (TPSA) is 113 Å². The van der Waals surface area contributed by atoms with Gasteiger partial charge >= 0.3 is 0 Å². The molecule has 2 N–H and O–H groups in total. The molecule has 0 unspecified atom stereocenters. The summed E-state index contributed by atoms with van der Waals surface area (Å²) in [5.74, 6) is 1.53. The first-order chi connectivity index (χ1) is 16.5. The van der Waals surface area contributed by atoms with Gasteiger partial charge in [0.25, 0.3) is 0 Å². The van der Waals surface area contributed by atoms with Crippen molar-refractivity contribution in [1.82, 2.24) is 34.4 Å². The van der Waals surface area contributed by atoms with E-state index in [9.17, 15) is 4.79 Å². The summed E-state index contributed by atoms with van der Waals surface area (Å²) in [5, 5.41) is 11.5. The van der Waals surface area contributed by atoms with Crippen molar-refractivity contribution in [3.8, 4) is 11.3 Å². The highest BCUT2D eigenvalue weighted by molar-refractivity contribution is 5.89. The average molecular weight is 458 g/mol. The molecule has 10 nitrogen and oxygen atoms in total. The van der Waals surface area contributed by atoms with Crippen molar-refractivity contribution in [1.29, 1.82) is 0 Å². The number of nitrogens with zero attached hydrogens (tertiary/aromatic N) is 7. The van der Waals surface area contributed by atoms with Gasteiger partial charge in [-0.2, -0.15) is 4.98 Å². The summed E-state index contributed by atoms with van der Waals surface area (Å²) in [5.41, 5.74) is 4.29. The van der Waals surface area contributed by atoms with Crippen molar-refractivity contribution in [3.05, 3.63) is 36.8 Å². The zero-order chi connectivity index (χ0) is 23.3. The number of nitrogens with one attached hydrogen (secondary N) is 2. The molecule has 2 aliphatic rings. The quantitative estimate of drug-likeness (QED) is 0.481. The van der Waals surface area contributed by atoms with Gasteiger partial charge in [0, 0.05) is 62.7 Å². The standard InChI is InChI=1S/C24H27N9O/c1-15(34)32-13-24(14-32)8-5-16(6-9-24)28-23-30-22(25-2)20-17(7-12-33(20)31-23)18-3-4-19-21(29-18)27-11-10-26-19/h3-4,7,10-12,16H,5-6,8-9,13-14H2,1-2H3,(H2,25,28,30,31). The third-order valence-electron chi connectivity index (χ3n) is 7.23. The van der Waals surface area contributed by atoms with Crippen LogP contribution in [0.15, 0.2) is 36.8 Å². The minimum absolute atomic E-state index is 0.185. The van der Waals surface area contributed by atoms with E-state index in [-0.39, 0.29) is 5.91 Å². The highest BCUT2D eigenvalue weighted by Gasteiger charge is 2.46. The second kappa shape index (κ2) is 7.89. The molecule has 1 saturated carbocycles. The normalized spacial score (nSPS) is 17.8. The number of carbonyl (C=O) groups excluding carboxylic acids is 1. The first-order valence-corrected chi connectivity index (χ1v) is 11.7. The maximum Gasteiger partial charge on any atom is 0.243 e. The van der Waals surface area contributed by atoms with E-state index in [2.05, 4.69) is 20.6 Å². The first kappa shape index (κ1) is 20.8. The number of aromatic nitrogens is 6. The zero-order valence-electron chi connectivity index (χ0n) is 19.3. The van der Waals surface area contributed by atoms with Crippen molar-refractivity contribution in [2.45, 2.75) is 38.6 Å². The van der Waals surface area contributed by atoms with Crippen LogP contribution in [0.2, 0.25) is 0 Å². The molecular formula is C24H27N9O. The van der Waals surface area contributed by atoms with Crippen LogP contribution >= 0.6 is 0 Å². The molecule has 1 aliphatic heterocycles. The molecule has 1 aliphatic carbocycles. The Balaban J connectivity index is 1.23. The molecule has 1 spiro atoms. The highest BCUT2D eigenvalue weighted by Crippen LogP contribution is 2.44. The number of rotatable bonds is 4. The summed E-state index contributed by atoms with van der Waals surface area (Å²) in [4.78, 5) is 31.6. The molecule has 4 aromatic heterocycles. The van der Waals surface area contributed by atoms with E-state index in [1.165, 1.54) is 0 Å². The zero-order valence-corrected chi connectivity index (χ0v) is 19.3. The minimum Gasteiger partial charge on any atom is -0.371 e. The molecule has 0 radical (unpaired) electrons. The fraction of sp³-hybridized carbons (Fsp3) is 0.417. The van der Waals surface area contributed by atoms with Crippen LogP contribution in [0.1, 0.15) is 32.6 Å². The summed E-state index contributed by atoms with van der Waals surface area (Å²) >= 11 is 0. The second-order valence-corrected chi connectivity index (χ2v) is 9.45. The predicted octanol–water partition coefficient (Wildman–Crippen LogP) is 2.98. The molecule has 0 aromatic carbocycles. The number of hydrogen-bond donors (Lipinski definition) is 2. The molecule has 1 saturated heterocycles. The van der Waals surface area contributed by atoms with Gasteiger partial charge in [0.15, 0.2) is 11.5 Å². The lowest BCUT2D eigenvalue weighted by Crippen LogP contribution is -2.59. The maximum atomic E-state index is 11.6. The Morgan fingerprint density at radius 2 is 1.88 bits per heavy atom. The largest absolute Gasteiger partial charge is 0.371 e. The summed E-state index contributed by atoms with van der Waals surface area (Å²) in [7, 11) is 1.87. The number of likely N-dealkylation sites (tertiary alicyclic amines) is 1. The summed E-state index contributed by atoms with van der Waals surface area (Å²) in [6.45, 7) is 3.47. The smallest absolute Gasteiger partial charge is 0.243 e. The Hall–Kier alpha value is -3.82. The molecular weight excluding hydrogens is 430 g/mol. The third kappa shape index (κ3) is 3.49. The molecule has 10 heteroatoms. The number of anilines is 2. The van der Waals surface area contributed by atoms with E-state index >= 15 is 0 Å². The van der Waals surface area contributed by atoms with Gasteiger partial charge in [-0.1, -0.05) is 0 Å². The highest BCUT2D eigenvalue weighted by atomic mass is 16.2. The lowest BCUT2D eigenvalue weighted by molar-refractivity contribution is -0.143. The Bertz CT molecular complexity index is 1380. The molecule has 0 atom stereocenters. The first-order valence-electron chi connectivity index (χ1n) is 11.7. The van der Waals surface area contributed by atoms with E-state index in [1.54, 1.807) is 19.3 Å². The Morgan fingerprint density at radius 3 is 2.65 bits per heavy atom. The van der Waals surface area contributed by atoms with Gasteiger partial charge in [0.1, 0.15) is 11.0 Å². The van der Waals surface area contributed by atoms with Crippen LogP contribution in [0.3, 0.4) is 0 Å². The Morgan fingerprint density at radius 1 is 1.09 bits per heavy atom. The van der Waals surface area contributed by atoms with Gasteiger partial charge in [0.2, 0.25) is 11.9 Å². The third-order valence-corrected chi connectivity index (χ3v) is 7.23. The van der Waals surface area contributed by atoms with E-state index in [0.29, 0.717) is 23.1 Å². The predicted molar refractivity (Wildman–Crippen MR) is 129 cm³/mol. The van der Waals surface area contributed by atoms with Gasteiger partial charge in [0.05, 0.1) is 5.69 Å². The SMILES string of the molecule is CNc1nc(NC2CCC3(CC2)CN(C(C)=O)C3)nn2ccc(-c3ccc4nccnc4n3)c12. The molecule has 6 rings (SSSR count). The Labute approximate surface area is 196 Å². The van der Waals surface area contributed by atoms with Crippen molar-refractivity contribution < 1.29 is 4.79 Å². The number of carbonyl (C=O) groups is 1. The van der Waals surface area contributed by atoms with E-state index in [1.807, 2.05) is 40.9 Å². The van der Waals surface area contributed by atoms with Gasteiger partial charge in [-0.3, -0.25) is 9.78 Å². The van der Waals surface area contributed by atoms with Crippen LogP contribution in [0.4, 0.5) is 11.8 Å². The average Bonchev–Trinajstić information content (AvgIpc) is 3.26. The molecule has 4 aromatic rings. The molecule has 1 amide bonds. The second-order valence-electron chi connectivity index (χ2n) is 9.45. The number of fused-ring (bicyclic) bond motifs is 2. The summed E-state index contributed by atoms with van der Waals surface area (Å²) in [6.07, 6.45) is 9.61. The molecule has 0 bridgehead atoms. The van der Waals surface area contributed by atoms with E-state index in [4.69, 9.17) is 15.1 Å². The molecule has 34 heavy (non-hydrogen) atoms. The molecule has 5 heterocycles. The molecule has 174 valence electrons. The number of pyridine rings is 1. The van der Waals surface area contributed by atoms with Crippen LogP contribution in [-0.4, -0.2) is 66.5 Å². The van der Waals surface area contributed by atoms with E-state index < -0.39 is 0 Å². The van der Waals surface area contributed by atoms with Crippen LogP contribution in [0.5, 0.6) is 0 Å². The fourth-order valence-electron chi connectivity index (χ4n) is 5.33. The van der Waals surface area contributed by atoms with Crippen molar-refractivity contribution in [3.63, 3.8) is 0 Å². The lowest BCUT2D eigenvalue weighted by atomic mass is 9.67. The number of amides is 1. The number of hydrogen-bond acceptors (Lipinski definition) is 8. The van der Waals surface area contributed by atoms with Crippen molar-refractivity contribution in [2.24, 2.45) is 5.41 Å². The van der Waals surface area contributed by atoms with Crippen LogP contribution < -0.4 is 10.6 Å².